The van der Waals surface area contributed by atoms with Gasteiger partial charge in [0.25, 0.3) is 5.56 Å². The van der Waals surface area contributed by atoms with E-state index in [2.05, 4.69) is 0 Å². The summed E-state index contributed by atoms with van der Waals surface area (Å²) in [4.78, 5) is 32.8. The van der Waals surface area contributed by atoms with Gasteiger partial charge in [-0.15, -0.1) is 0 Å². The number of aromatic nitrogens is 1. The number of hydrogen-bond acceptors (Lipinski definition) is 7. The third kappa shape index (κ3) is 6.03. The molecule has 45 heavy (non-hydrogen) atoms. The van der Waals surface area contributed by atoms with Gasteiger partial charge in [-0.1, -0.05) is 83.6 Å². The third-order valence-corrected chi connectivity index (χ3v) is 8.92. The molecule has 0 amide bonds. The van der Waals surface area contributed by atoms with Gasteiger partial charge in [-0.3, -0.25) is 9.36 Å². The Morgan fingerprint density at radius 2 is 1.71 bits per heavy atom. The summed E-state index contributed by atoms with van der Waals surface area (Å²) in [5.74, 6) is 0.814. The number of carbonyl (C=O) groups is 1. The quantitative estimate of drug-likeness (QED) is 0.170. The fourth-order valence-corrected chi connectivity index (χ4v) is 6.69. The van der Waals surface area contributed by atoms with Crippen LogP contribution in [-0.4, -0.2) is 23.8 Å². The fraction of sp³-hybridized carbons (Fsp3) is 0.194. The zero-order valence-corrected chi connectivity index (χ0v) is 26.7. The average Bonchev–Trinajstić information content (AvgIpc) is 3.35. The van der Waals surface area contributed by atoms with E-state index < -0.39 is 12.0 Å². The zero-order chi connectivity index (χ0) is 31.5. The van der Waals surface area contributed by atoms with Crippen LogP contribution in [0, 0.1) is 0 Å². The molecule has 4 aromatic carbocycles. The molecule has 0 saturated heterocycles. The largest absolute Gasteiger partial charge is 0.494 e. The third-order valence-electron chi connectivity index (χ3n) is 7.57. The molecule has 228 valence electrons. The minimum atomic E-state index is -0.721. The highest BCUT2D eigenvalue weighted by Gasteiger charge is 2.33. The van der Waals surface area contributed by atoms with Crippen LogP contribution in [0.1, 0.15) is 43.5 Å². The lowest BCUT2D eigenvalue weighted by molar-refractivity contribution is -0.139. The van der Waals surface area contributed by atoms with E-state index in [1.54, 1.807) is 18.4 Å². The minimum absolute atomic E-state index is 0.202. The molecule has 0 unspecified atom stereocenters. The molecule has 0 aliphatic carbocycles. The van der Waals surface area contributed by atoms with Gasteiger partial charge in [-0.2, -0.15) is 0 Å². The Balaban J connectivity index is 1.52. The second kappa shape index (κ2) is 13.1. The van der Waals surface area contributed by atoms with Crippen LogP contribution in [0.15, 0.2) is 106 Å². The van der Waals surface area contributed by atoms with Gasteiger partial charge in [-0.25, -0.2) is 9.79 Å². The molecule has 1 aliphatic heterocycles. The Labute approximate surface area is 269 Å². The molecule has 6 rings (SSSR count). The van der Waals surface area contributed by atoms with Gasteiger partial charge in [-0.05, 0) is 67.4 Å². The van der Waals surface area contributed by atoms with E-state index in [4.69, 9.17) is 30.8 Å². The Bertz CT molecular complexity index is 2110. The normalized spacial score (nSPS) is 14.7. The van der Waals surface area contributed by atoms with Gasteiger partial charge in [0.2, 0.25) is 0 Å². The highest BCUT2D eigenvalue weighted by molar-refractivity contribution is 7.07. The molecule has 0 radical (unpaired) electrons. The van der Waals surface area contributed by atoms with Crippen LogP contribution in [0.25, 0.3) is 16.8 Å². The van der Waals surface area contributed by atoms with E-state index in [1.165, 1.54) is 11.3 Å². The molecule has 1 atom stereocenters. The van der Waals surface area contributed by atoms with Crippen LogP contribution < -0.4 is 24.4 Å². The van der Waals surface area contributed by atoms with Crippen molar-refractivity contribution in [2.75, 3.05) is 13.2 Å². The van der Waals surface area contributed by atoms with E-state index in [0.717, 1.165) is 27.5 Å². The maximum atomic E-state index is 14.3. The number of rotatable bonds is 9. The van der Waals surface area contributed by atoms with Crippen LogP contribution in [0.3, 0.4) is 0 Å². The van der Waals surface area contributed by atoms with Crippen molar-refractivity contribution in [3.8, 4) is 11.5 Å². The number of esters is 1. The molecule has 9 heteroatoms. The number of thiazole rings is 1. The Morgan fingerprint density at radius 3 is 2.47 bits per heavy atom. The standard InChI is InChI=1S/C36H31ClN2O5S/c1-4-42-26-17-14-24(15-18-26)33-32(35(41)43-5-2)22(3)38-36-39(33)34(40)31(45-36)20-28-27-12-8-6-10-23(27)16-19-30(28)44-21-25-11-7-9-13-29(25)37/h6-20,33H,4-5,21H2,1-3H3/b31-20-/t33-/m1/s1. The number of halogens is 1. The van der Waals surface area contributed by atoms with Crippen LogP contribution in [0.5, 0.6) is 11.5 Å². The van der Waals surface area contributed by atoms with Gasteiger partial charge in [0.1, 0.15) is 18.1 Å². The number of benzene rings is 4. The summed E-state index contributed by atoms with van der Waals surface area (Å²) in [5.41, 5.74) is 2.94. The van der Waals surface area contributed by atoms with Gasteiger partial charge >= 0.3 is 5.97 Å². The van der Waals surface area contributed by atoms with Crippen molar-refractivity contribution in [2.24, 2.45) is 4.99 Å². The Morgan fingerprint density at radius 1 is 0.956 bits per heavy atom. The second-order valence-corrected chi connectivity index (χ2v) is 11.8. The Kier molecular flexibility index (Phi) is 8.87. The first-order chi connectivity index (χ1) is 21.9. The van der Waals surface area contributed by atoms with Crippen molar-refractivity contribution in [1.29, 1.82) is 0 Å². The SMILES string of the molecule is CCOC(=O)C1=C(C)N=c2s/c(=C\c3c(OCc4ccccc4Cl)ccc4ccccc34)c(=O)n2[C@@H]1c1ccc(OCC)cc1. The topological polar surface area (TPSA) is 79.1 Å². The van der Waals surface area contributed by atoms with Crippen molar-refractivity contribution in [1.82, 2.24) is 4.57 Å². The number of allylic oxidation sites excluding steroid dienone is 1. The predicted octanol–water partition coefficient (Wildman–Crippen LogP) is 6.58. The van der Waals surface area contributed by atoms with E-state index in [9.17, 15) is 9.59 Å². The van der Waals surface area contributed by atoms with Gasteiger partial charge in [0.15, 0.2) is 4.80 Å². The molecular weight excluding hydrogens is 608 g/mol. The number of hydrogen-bond donors (Lipinski definition) is 0. The molecule has 7 nitrogen and oxygen atoms in total. The molecule has 0 spiro atoms. The number of ether oxygens (including phenoxy) is 3. The Hall–Kier alpha value is -4.66. The highest BCUT2D eigenvalue weighted by atomic mass is 35.5. The van der Waals surface area contributed by atoms with E-state index >= 15 is 0 Å². The summed E-state index contributed by atoms with van der Waals surface area (Å²) in [7, 11) is 0. The molecule has 1 aromatic heterocycles. The van der Waals surface area contributed by atoms with Crippen molar-refractivity contribution >= 4 is 45.8 Å². The molecule has 0 saturated carbocycles. The van der Waals surface area contributed by atoms with Crippen LogP contribution >= 0.6 is 22.9 Å². The summed E-state index contributed by atoms with van der Waals surface area (Å²) in [6.45, 7) is 6.44. The van der Waals surface area contributed by atoms with Gasteiger partial charge in [0, 0.05) is 16.1 Å². The summed E-state index contributed by atoms with van der Waals surface area (Å²) >= 11 is 7.68. The van der Waals surface area contributed by atoms with Crippen LogP contribution in [0.4, 0.5) is 0 Å². The highest BCUT2D eigenvalue weighted by Crippen LogP contribution is 2.33. The van der Waals surface area contributed by atoms with E-state index in [0.29, 0.717) is 43.7 Å². The van der Waals surface area contributed by atoms with Crippen LogP contribution in [0.2, 0.25) is 5.02 Å². The molecule has 1 aliphatic rings. The monoisotopic (exact) mass is 638 g/mol. The first-order valence-electron chi connectivity index (χ1n) is 14.7. The second-order valence-electron chi connectivity index (χ2n) is 10.4. The molecule has 5 aromatic rings. The van der Waals surface area contributed by atoms with E-state index in [-0.39, 0.29) is 18.8 Å². The van der Waals surface area contributed by atoms with Crippen LogP contribution in [-0.2, 0) is 16.1 Å². The maximum absolute atomic E-state index is 14.3. The smallest absolute Gasteiger partial charge is 0.338 e. The molecular formula is C36H31ClN2O5S. The molecule has 0 bridgehead atoms. The maximum Gasteiger partial charge on any atom is 0.338 e. The van der Waals surface area contributed by atoms with Crippen molar-refractivity contribution in [2.45, 2.75) is 33.4 Å². The van der Waals surface area contributed by atoms with Crippen molar-refractivity contribution in [3.63, 3.8) is 0 Å². The summed E-state index contributed by atoms with van der Waals surface area (Å²) < 4.78 is 19.4. The summed E-state index contributed by atoms with van der Waals surface area (Å²) in [5, 5.41) is 2.57. The van der Waals surface area contributed by atoms with Crippen molar-refractivity contribution in [3.05, 3.63) is 138 Å². The van der Waals surface area contributed by atoms with Gasteiger partial charge in [0.05, 0.1) is 35.1 Å². The van der Waals surface area contributed by atoms with Crippen molar-refractivity contribution < 1.29 is 19.0 Å². The molecule has 2 heterocycles. The number of fused-ring (bicyclic) bond motifs is 2. The summed E-state index contributed by atoms with van der Waals surface area (Å²) in [6.07, 6.45) is 1.85. The first kappa shape index (κ1) is 30.4. The lowest BCUT2D eigenvalue weighted by Gasteiger charge is -2.24. The number of carbonyl (C=O) groups excluding carboxylic acids is 1. The minimum Gasteiger partial charge on any atom is -0.494 e. The predicted molar refractivity (Wildman–Crippen MR) is 178 cm³/mol. The average molecular weight is 639 g/mol. The van der Waals surface area contributed by atoms with Gasteiger partial charge < -0.3 is 14.2 Å². The lowest BCUT2D eigenvalue weighted by atomic mass is 9.96. The molecule has 0 fully saturated rings. The zero-order valence-electron chi connectivity index (χ0n) is 25.1. The fourth-order valence-electron chi connectivity index (χ4n) is 5.47. The lowest BCUT2D eigenvalue weighted by Crippen LogP contribution is -2.39. The first-order valence-corrected chi connectivity index (χ1v) is 15.9. The summed E-state index contributed by atoms with van der Waals surface area (Å²) in [6, 6.07) is 26.1. The van der Waals surface area contributed by atoms with E-state index in [1.807, 2.05) is 97.9 Å². The number of nitrogens with zero attached hydrogens (tertiary/aromatic N) is 2. The molecule has 0 N–H and O–H groups in total.